The number of phenolic OH excluding ortho intramolecular Hbond substituents is 1. The van der Waals surface area contributed by atoms with Crippen LogP contribution in [0.2, 0.25) is 5.02 Å². The normalized spacial score (nSPS) is 17.0. The molecule has 3 aromatic rings. The van der Waals surface area contributed by atoms with Crippen molar-refractivity contribution >= 4 is 34.0 Å². The van der Waals surface area contributed by atoms with Crippen molar-refractivity contribution in [2.75, 3.05) is 25.0 Å². The summed E-state index contributed by atoms with van der Waals surface area (Å²) in [7, 11) is 0. The number of nitrogens with one attached hydrogen (secondary N) is 2. The number of anilines is 2. The van der Waals surface area contributed by atoms with Gasteiger partial charge in [-0.2, -0.15) is 0 Å². The van der Waals surface area contributed by atoms with Crippen LogP contribution in [-0.2, 0) is 0 Å². The topological polar surface area (TPSA) is 79.3 Å². The summed E-state index contributed by atoms with van der Waals surface area (Å²) in [4.78, 5) is 8.75. The first-order chi connectivity index (χ1) is 13.2. The second-order valence-corrected chi connectivity index (χ2v) is 7.09. The molecule has 1 aliphatic heterocycles. The Labute approximate surface area is 162 Å². The van der Waals surface area contributed by atoms with Crippen LogP contribution in [0.5, 0.6) is 11.5 Å². The van der Waals surface area contributed by atoms with Gasteiger partial charge in [-0.25, -0.2) is 9.97 Å². The highest BCUT2D eigenvalue weighted by Gasteiger charge is 2.16. The van der Waals surface area contributed by atoms with Gasteiger partial charge in [-0.1, -0.05) is 17.7 Å². The molecule has 1 aromatic heterocycles. The van der Waals surface area contributed by atoms with Crippen LogP contribution >= 0.6 is 11.6 Å². The van der Waals surface area contributed by atoms with Crippen molar-refractivity contribution in [3.05, 3.63) is 47.7 Å². The van der Waals surface area contributed by atoms with E-state index in [0.29, 0.717) is 18.3 Å². The fourth-order valence-electron chi connectivity index (χ4n) is 3.29. The molecule has 6 nitrogen and oxygen atoms in total. The molecule has 27 heavy (non-hydrogen) atoms. The number of rotatable bonds is 5. The van der Waals surface area contributed by atoms with Gasteiger partial charge in [0, 0.05) is 18.2 Å². The van der Waals surface area contributed by atoms with E-state index in [1.54, 1.807) is 18.2 Å². The molecule has 0 unspecified atom stereocenters. The van der Waals surface area contributed by atoms with Gasteiger partial charge in [-0.05, 0) is 49.7 Å². The summed E-state index contributed by atoms with van der Waals surface area (Å²) in [5.74, 6) is 1.94. The first-order valence-electron chi connectivity index (χ1n) is 9.03. The number of hydrogen-bond donors (Lipinski definition) is 3. The molecular formula is C20H21ClN4O2. The number of hydrogen-bond acceptors (Lipinski definition) is 6. The first-order valence-corrected chi connectivity index (χ1v) is 9.41. The van der Waals surface area contributed by atoms with Crippen molar-refractivity contribution in [1.29, 1.82) is 0 Å². The van der Waals surface area contributed by atoms with Gasteiger partial charge in [0.1, 0.15) is 23.6 Å². The van der Waals surface area contributed by atoms with E-state index in [9.17, 15) is 5.11 Å². The summed E-state index contributed by atoms with van der Waals surface area (Å²) in [5.41, 5.74) is 1.53. The summed E-state index contributed by atoms with van der Waals surface area (Å²) in [6, 6.07) is 10.7. The van der Waals surface area contributed by atoms with E-state index < -0.39 is 0 Å². The number of ether oxygens (including phenoxy) is 1. The summed E-state index contributed by atoms with van der Waals surface area (Å²) in [6.07, 6.45) is 3.87. The van der Waals surface area contributed by atoms with E-state index >= 15 is 0 Å². The van der Waals surface area contributed by atoms with E-state index in [4.69, 9.17) is 16.3 Å². The molecule has 1 atom stereocenters. The summed E-state index contributed by atoms with van der Waals surface area (Å²) >= 11 is 6.01. The number of halogens is 1. The molecule has 1 aliphatic rings. The van der Waals surface area contributed by atoms with Gasteiger partial charge in [0.2, 0.25) is 0 Å². The number of aromatic nitrogens is 2. The van der Waals surface area contributed by atoms with Gasteiger partial charge < -0.3 is 20.5 Å². The molecule has 1 fully saturated rings. The van der Waals surface area contributed by atoms with Crippen LogP contribution in [0.1, 0.15) is 12.8 Å². The minimum atomic E-state index is 0.0416. The third-order valence-electron chi connectivity index (χ3n) is 4.71. The number of piperidine rings is 1. The lowest BCUT2D eigenvalue weighted by atomic mass is 10.0. The molecule has 0 bridgehead atoms. The van der Waals surface area contributed by atoms with Gasteiger partial charge >= 0.3 is 0 Å². The molecule has 0 aliphatic carbocycles. The van der Waals surface area contributed by atoms with Gasteiger partial charge in [-0.15, -0.1) is 0 Å². The van der Waals surface area contributed by atoms with Crippen LogP contribution in [0.4, 0.5) is 11.5 Å². The molecule has 4 rings (SSSR count). The second-order valence-electron chi connectivity index (χ2n) is 6.69. The fourth-order valence-corrected chi connectivity index (χ4v) is 3.47. The maximum atomic E-state index is 9.61. The van der Waals surface area contributed by atoms with Crippen molar-refractivity contribution < 1.29 is 9.84 Å². The van der Waals surface area contributed by atoms with E-state index in [2.05, 4.69) is 20.6 Å². The Bertz CT molecular complexity index is 939. The SMILES string of the molecule is Oc1ccc(Nc2ncnc3cccc(OC[C@H]4CCCNC4)c23)cc1Cl. The van der Waals surface area contributed by atoms with E-state index in [1.807, 2.05) is 18.2 Å². The standard InChI is InChI=1S/C20H21ClN4O2/c21-15-9-14(6-7-17(15)26)25-20-19-16(23-12-24-20)4-1-5-18(19)27-11-13-3-2-8-22-10-13/h1,4-7,9,12-13,22,26H,2-3,8,10-11H2,(H,23,24,25)/t13-/m0/s1. The maximum absolute atomic E-state index is 9.61. The van der Waals surface area contributed by atoms with Crippen LogP contribution in [0.3, 0.4) is 0 Å². The number of nitrogens with zero attached hydrogens (tertiary/aromatic N) is 2. The molecule has 3 N–H and O–H groups in total. The van der Waals surface area contributed by atoms with Crippen LogP contribution in [0, 0.1) is 5.92 Å². The fraction of sp³-hybridized carbons (Fsp3) is 0.300. The lowest BCUT2D eigenvalue weighted by Gasteiger charge is -2.23. The van der Waals surface area contributed by atoms with Gasteiger partial charge in [0.25, 0.3) is 0 Å². The quantitative estimate of drug-likeness (QED) is 0.574. The third-order valence-corrected chi connectivity index (χ3v) is 5.01. The summed E-state index contributed by atoms with van der Waals surface area (Å²) in [6.45, 7) is 2.73. The van der Waals surface area contributed by atoms with Crippen molar-refractivity contribution in [3.63, 3.8) is 0 Å². The number of benzene rings is 2. The lowest BCUT2D eigenvalue weighted by Crippen LogP contribution is -2.33. The zero-order chi connectivity index (χ0) is 18.6. The Kier molecular flexibility index (Phi) is 5.27. The molecule has 2 heterocycles. The number of phenols is 1. The highest BCUT2D eigenvalue weighted by atomic mass is 35.5. The second kappa shape index (κ2) is 7.98. The highest BCUT2D eigenvalue weighted by Crippen LogP contribution is 2.33. The lowest BCUT2D eigenvalue weighted by molar-refractivity contribution is 0.220. The zero-order valence-electron chi connectivity index (χ0n) is 14.8. The van der Waals surface area contributed by atoms with Crippen LogP contribution in [-0.4, -0.2) is 34.8 Å². The maximum Gasteiger partial charge on any atom is 0.145 e. The van der Waals surface area contributed by atoms with Gasteiger partial charge in [-0.3, -0.25) is 0 Å². The Morgan fingerprint density at radius 3 is 3.00 bits per heavy atom. The van der Waals surface area contributed by atoms with Crippen molar-refractivity contribution in [1.82, 2.24) is 15.3 Å². The largest absolute Gasteiger partial charge is 0.506 e. The minimum Gasteiger partial charge on any atom is -0.506 e. The molecule has 0 spiro atoms. The van der Waals surface area contributed by atoms with Crippen molar-refractivity contribution in [3.8, 4) is 11.5 Å². The molecule has 140 valence electrons. The van der Waals surface area contributed by atoms with Gasteiger partial charge in [0.15, 0.2) is 0 Å². The smallest absolute Gasteiger partial charge is 0.145 e. The Morgan fingerprint density at radius 2 is 2.19 bits per heavy atom. The predicted octanol–water partition coefficient (Wildman–Crippen LogP) is 4.11. The predicted molar refractivity (Wildman–Crippen MR) is 107 cm³/mol. The summed E-state index contributed by atoms with van der Waals surface area (Å²) in [5, 5.41) is 17.4. The van der Waals surface area contributed by atoms with Crippen LogP contribution < -0.4 is 15.4 Å². The molecule has 2 aromatic carbocycles. The Balaban J connectivity index is 1.63. The Morgan fingerprint density at radius 1 is 1.26 bits per heavy atom. The van der Waals surface area contributed by atoms with Crippen LogP contribution in [0.25, 0.3) is 10.9 Å². The molecular weight excluding hydrogens is 364 g/mol. The highest BCUT2D eigenvalue weighted by molar-refractivity contribution is 6.32. The third kappa shape index (κ3) is 4.07. The monoisotopic (exact) mass is 384 g/mol. The van der Waals surface area contributed by atoms with Crippen LogP contribution in [0.15, 0.2) is 42.7 Å². The molecule has 0 amide bonds. The summed E-state index contributed by atoms with van der Waals surface area (Å²) < 4.78 is 6.15. The molecule has 7 heteroatoms. The van der Waals surface area contributed by atoms with E-state index in [-0.39, 0.29) is 10.8 Å². The first kappa shape index (κ1) is 17.8. The minimum absolute atomic E-state index is 0.0416. The van der Waals surface area contributed by atoms with E-state index in [1.165, 1.54) is 19.2 Å². The van der Waals surface area contributed by atoms with Crippen molar-refractivity contribution in [2.45, 2.75) is 12.8 Å². The van der Waals surface area contributed by atoms with Crippen molar-refractivity contribution in [2.24, 2.45) is 5.92 Å². The van der Waals surface area contributed by atoms with Gasteiger partial charge in [0.05, 0.1) is 22.5 Å². The molecule has 0 radical (unpaired) electrons. The molecule has 0 saturated carbocycles. The van der Waals surface area contributed by atoms with E-state index in [0.717, 1.165) is 35.4 Å². The average Bonchev–Trinajstić information content (AvgIpc) is 2.70. The Hall–Kier alpha value is -2.57. The number of aromatic hydroxyl groups is 1. The zero-order valence-corrected chi connectivity index (χ0v) is 15.5. The molecule has 1 saturated heterocycles. The number of fused-ring (bicyclic) bond motifs is 1. The average molecular weight is 385 g/mol.